The number of halogens is 1. The Kier molecular flexibility index (Phi) is 5.79. The second-order valence-electron chi connectivity index (χ2n) is 4.50. The second-order valence-corrected chi connectivity index (χ2v) is 4.90. The van der Waals surface area contributed by atoms with E-state index in [2.05, 4.69) is 32.2 Å². The summed E-state index contributed by atoms with van der Waals surface area (Å²) in [5.74, 6) is 1.36. The molecular formula is C14H22ClNO. The Morgan fingerprint density at radius 3 is 2.65 bits per heavy atom. The van der Waals surface area contributed by atoms with Gasteiger partial charge in [0.1, 0.15) is 12.4 Å². The summed E-state index contributed by atoms with van der Waals surface area (Å²) >= 11 is 6.21. The fraction of sp³-hybridized carbons (Fsp3) is 0.571. The first-order valence-electron chi connectivity index (χ1n) is 6.19. The van der Waals surface area contributed by atoms with Crippen molar-refractivity contribution in [3.8, 4) is 5.75 Å². The molecule has 0 heterocycles. The first-order valence-corrected chi connectivity index (χ1v) is 6.57. The molecule has 1 aromatic rings. The maximum absolute atomic E-state index is 6.21. The molecule has 1 N–H and O–H groups in total. The monoisotopic (exact) mass is 255 g/mol. The molecule has 0 bridgehead atoms. The van der Waals surface area contributed by atoms with Crippen molar-refractivity contribution in [2.45, 2.75) is 33.6 Å². The Balaban J connectivity index is 2.74. The molecule has 0 radical (unpaired) electrons. The zero-order valence-corrected chi connectivity index (χ0v) is 11.9. The van der Waals surface area contributed by atoms with Gasteiger partial charge in [0.2, 0.25) is 0 Å². The average molecular weight is 256 g/mol. The van der Waals surface area contributed by atoms with Crippen molar-refractivity contribution in [2.75, 3.05) is 19.7 Å². The van der Waals surface area contributed by atoms with Gasteiger partial charge in [0.05, 0.1) is 0 Å². The Morgan fingerprint density at radius 1 is 1.35 bits per heavy atom. The predicted octanol–water partition coefficient (Wildman–Crippen LogP) is 3.76. The molecule has 0 aliphatic carbocycles. The summed E-state index contributed by atoms with van der Waals surface area (Å²) in [7, 11) is 0. The topological polar surface area (TPSA) is 21.3 Å². The van der Waals surface area contributed by atoms with E-state index < -0.39 is 0 Å². The van der Waals surface area contributed by atoms with Gasteiger partial charge in [-0.3, -0.25) is 0 Å². The van der Waals surface area contributed by atoms with Crippen LogP contribution in [0.25, 0.3) is 0 Å². The standard InChI is InChI=1S/C14H22ClNO/c1-5-16-6-7-17-14-9-12(10(2)3)13(15)8-11(14)4/h8-10,16H,5-7H2,1-4H3. The molecule has 3 heteroatoms. The highest BCUT2D eigenvalue weighted by atomic mass is 35.5. The molecule has 0 spiro atoms. The number of likely N-dealkylation sites (N-methyl/N-ethyl adjacent to an activating group) is 1. The van der Waals surface area contributed by atoms with Gasteiger partial charge in [0, 0.05) is 11.6 Å². The van der Waals surface area contributed by atoms with E-state index in [-0.39, 0.29) is 0 Å². The molecule has 1 aromatic carbocycles. The van der Waals surface area contributed by atoms with Crippen molar-refractivity contribution in [2.24, 2.45) is 0 Å². The van der Waals surface area contributed by atoms with Gasteiger partial charge in [-0.2, -0.15) is 0 Å². The van der Waals surface area contributed by atoms with Crippen molar-refractivity contribution < 1.29 is 4.74 Å². The van der Waals surface area contributed by atoms with Crippen molar-refractivity contribution in [3.05, 3.63) is 28.3 Å². The third-order valence-electron chi connectivity index (χ3n) is 2.70. The highest BCUT2D eigenvalue weighted by molar-refractivity contribution is 6.31. The zero-order chi connectivity index (χ0) is 12.8. The van der Waals surface area contributed by atoms with Crippen LogP contribution in [0.2, 0.25) is 5.02 Å². The van der Waals surface area contributed by atoms with E-state index in [1.165, 1.54) is 0 Å². The molecule has 0 unspecified atom stereocenters. The number of ether oxygens (including phenoxy) is 1. The molecule has 1 rings (SSSR count). The first kappa shape index (κ1) is 14.3. The summed E-state index contributed by atoms with van der Waals surface area (Å²) in [6.07, 6.45) is 0. The minimum Gasteiger partial charge on any atom is -0.492 e. The van der Waals surface area contributed by atoms with Crippen LogP contribution in [0, 0.1) is 6.92 Å². The lowest BCUT2D eigenvalue weighted by Crippen LogP contribution is -2.20. The largest absolute Gasteiger partial charge is 0.492 e. The van der Waals surface area contributed by atoms with Gasteiger partial charge in [-0.15, -0.1) is 0 Å². The van der Waals surface area contributed by atoms with Crippen molar-refractivity contribution in [1.29, 1.82) is 0 Å². The molecule has 0 fully saturated rings. The average Bonchev–Trinajstić information content (AvgIpc) is 2.26. The number of aryl methyl sites for hydroxylation is 1. The van der Waals surface area contributed by atoms with Crippen LogP contribution in [-0.4, -0.2) is 19.7 Å². The van der Waals surface area contributed by atoms with Crippen LogP contribution in [0.3, 0.4) is 0 Å². The SMILES string of the molecule is CCNCCOc1cc(C(C)C)c(Cl)cc1C. The zero-order valence-electron chi connectivity index (χ0n) is 11.1. The van der Waals surface area contributed by atoms with Gasteiger partial charge in [0.25, 0.3) is 0 Å². The lowest BCUT2D eigenvalue weighted by Gasteiger charge is -2.14. The van der Waals surface area contributed by atoms with Gasteiger partial charge >= 0.3 is 0 Å². The quantitative estimate of drug-likeness (QED) is 0.782. The molecule has 0 saturated heterocycles. The van der Waals surface area contributed by atoms with E-state index in [1.54, 1.807) is 0 Å². The Hall–Kier alpha value is -0.730. The Labute approximate surface area is 109 Å². The van der Waals surface area contributed by atoms with Crippen LogP contribution in [0.4, 0.5) is 0 Å². The summed E-state index contributed by atoms with van der Waals surface area (Å²) in [6, 6.07) is 4.05. The molecule has 0 aliphatic heterocycles. The Morgan fingerprint density at radius 2 is 2.06 bits per heavy atom. The molecule has 0 amide bonds. The van der Waals surface area contributed by atoms with Crippen molar-refractivity contribution in [1.82, 2.24) is 5.32 Å². The second kappa shape index (κ2) is 6.87. The summed E-state index contributed by atoms with van der Waals surface area (Å²) < 4.78 is 5.76. The molecule has 17 heavy (non-hydrogen) atoms. The van der Waals surface area contributed by atoms with Crippen LogP contribution in [-0.2, 0) is 0 Å². The van der Waals surface area contributed by atoms with Gasteiger partial charge in [-0.1, -0.05) is 32.4 Å². The maximum Gasteiger partial charge on any atom is 0.122 e. The summed E-state index contributed by atoms with van der Waals surface area (Å²) in [6.45, 7) is 10.9. The summed E-state index contributed by atoms with van der Waals surface area (Å²) in [5.41, 5.74) is 2.24. The minimum absolute atomic E-state index is 0.416. The van der Waals surface area contributed by atoms with E-state index in [0.717, 1.165) is 35.0 Å². The number of hydrogen-bond donors (Lipinski definition) is 1. The number of nitrogens with one attached hydrogen (secondary N) is 1. The summed E-state index contributed by atoms with van der Waals surface area (Å²) in [4.78, 5) is 0. The molecule has 0 atom stereocenters. The van der Waals surface area contributed by atoms with Crippen LogP contribution in [0.1, 0.15) is 37.8 Å². The third kappa shape index (κ3) is 4.21. The van der Waals surface area contributed by atoms with Gasteiger partial charge in [-0.05, 0) is 42.6 Å². The molecule has 96 valence electrons. The lowest BCUT2D eigenvalue weighted by atomic mass is 10.0. The minimum atomic E-state index is 0.416. The van der Waals surface area contributed by atoms with Crippen LogP contribution in [0.15, 0.2) is 12.1 Å². The van der Waals surface area contributed by atoms with E-state index >= 15 is 0 Å². The number of rotatable bonds is 6. The normalized spacial score (nSPS) is 10.9. The van der Waals surface area contributed by atoms with E-state index in [4.69, 9.17) is 16.3 Å². The van der Waals surface area contributed by atoms with Gasteiger partial charge < -0.3 is 10.1 Å². The number of hydrogen-bond acceptors (Lipinski definition) is 2. The van der Waals surface area contributed by atoms with E-state index in [0.29, 0.717) is 12.5 Å². The molecule has 0 aromatic heterocycles. The fourth-order valence-corrected chi connectivity index (χ4v) is 2.11. The van der Waals surface area contributed by atoms with Gasteiger partial charge in [0.15, 0.2) is 0 Å². The fourth-order valence-electron chi connectivity index (χ4n) is 1.68. The highest BCUT2D eigenvalue weighted by Crippen LogP contribution is 2.31. The summed E-state index contributed by atoms with van der Waals surface area (Å²) in [5, 5.41) is 4.07. The smallest absolute Gasteiger partial charge is 0.122 e. The number of benzene rings is 1. The van der Waals surface area contributed by atoms with Crippen molar-refractivity contribution in [3.63, 3.8) is 0 Å². The van der Waals surface area contributed by atoms with Crippen LogP contribution < -0.4 is 10.1 Å². The molecular weight excluding hydrogens is 234 g/mol. The lowest BCUT2D eigenvalue weighted by molar-refractivity contribution is 0.313. The molecule has 0 aliphatic rings. The maximum atomic E-state index is 6.21. The van der Waals surface area contributed by atoms with Crippen LogP contribution >= 0.6 is 11.6 Å². The molecule has 2 nitrogen and oxygen atoms in total. The first-order chi connectivity index (χ1) is 8.06. The van der Waals surface area contributed by atoms with E-state index in [9.17, 15) is 0 Å². The third-order valence-corrected chi connectivity index (χ3v) is 3.03. The van der Waals surface area contributed by atoms with Crippen LogP contribution in [0.5, 0.6) is 5.75 Å². The van der Waals surface area contributed by atoms with Gasteiger partial charge in [-0.25, -0.2) is 0 Å². The van der Waals surface area contributed by atoms with E-state index in [1.807, 2.05) is 13.0 Å². The molecule has 0 saturated carbocycles. The predicted molar refractivity (Wildman–Crippen MR) is 74.3 cm³/mol. The Bertz CT molecular complexity index is 363. The highest BCUT2D eigenvalue weighted by Gasteiger charge is 2.09. The van der Waals surface area contributed by atoms with Crippen molar-refractivity contribution >= 4 is 11.6 Å².